The Morgan fingerprint density at radius 3 is 2.65 bits per heavy atom. The fourth-order valence-electron chi connectivity index (χ4n) is 4.62. The number of hydrogen-bond acceptors (Lipinski definition) is 6. The Morgan fingerprint density at radius 1 is 1.00 bits per heavy atom. The highest BCUT2D eigenvalue weighted by atomic mass is 35.5. The number of guanidine groups is 1. The third-order valence-corrected chi connectivity index (χ3v) is 6.28. The topological polar surface area (TPSA) is 79.0 Å². The molecule has 0 bridgehead atoms. The molecule has 1 unspecified atom stereocenters. The van der Waals surface area contributed by atoms with Crippen molar-refractivity contribution in [1.82, 2.24) is 19.7 Å². The van der Waals surface area contributed by atoms with Gasteiger partial charge in [-0.05, 0) is 42.7 Å². The minimum Gasteiger partial charge on any atom is -0.317 e. The molecule has 0 saturated carbocycles. The second-order valence-electron chi connectivity index (χ2n) is 8.35. The third-order valence-electron chi connectivity index (χ3n) is 6.28. The summed E-state index contributed by atoms with van der Waals surface area (Å²) in [6.45, 7) is 2.06. The molecule has 0 radical (unpaired) electrons. The molecule has 0 aliphatic carbocycles. The van der Waals surface area contributed by atoms with Gasteiger partial charge in [0.15, 0.2) is 11.9 Å². The van der Waals surface area contributed by atoms with E-state index in [1.807, 2.05) is 30.7 Å². The van der Waals surface area contributed by atoms with Gasteiger partial charge in [0.2, 0.25) is 0 Å². The van der Waals surface area contributed by atoms with Crippen LogP contribution in [-0.2, 0) is 0 Å². The van der Waals surface area contributed by atoms with E-state index in [2.05, 4.69) is 67.9 Å². The summed E-state index contributed by atoms with van der Waals surface area (Å²) in [6, 6.07) is 19.1. The molecule has 34 heavy (non-hydrogen) atoms. The number of aromatic nitrogens is 2. The van der Waals surface area contributed by atoms with Crippen LogP contribution in [0.1, 0.15) is 18.9 Å². The fourth-order valence-corrected chi connectivity index (χ4v) is 4.62. The van der Waals surface area contributed by atoms with E-state index < -0.39 is 0 Å². The smallest absolute Gasteiger partial charge is 0.287 e. The van der Waals surface area contributed by atoms with Gasteiger partial charge >= 0.3 is 0 Å². The number of hydrogen-bond donors (Lipinski definition) is 2. The molecular formula is C25H26ClN8+. The number of rotatable bonds is 4. The second-order valence-corrected chi connectivity index (χ2v) is 8.35. The molecule has 1 fully saturated rings. The minimum atomic E-state index is 0. The Hall–Kier alpha value is -3.59. The second kappa shape index (κ2) is 9.34. The van der Waals surface area contributed by atoms with Gasteiger partial charge < -0.3 is 10.6 Å². The number of nitrogens with one attached hydrogen (secondary N) is 2. The number of benzene rings is 2. The van der Waals surface area contributed by atoms with Crippen molar-refractivity contribution in [2.45, 2.75) is 18.9 Å². The van der Waals surface area contributed by atoms with E-state index in [4.69, 9.17) is 10.1 Å². The lowest BCUT2D eigenvalue weighted by Gasteiger charge is -2.26. The molecule has 0 amide bonds. The zero-order valence-corrected chi connectivity index (χ0v) is 19.4. The summed E-state index contributed by atoms with van der Waals surface area (Å²) in [5.74, 6) is 1.28. The summed E-state index contributed by atoms with van der Waals surface area (Å²) < 4.78 is 2.19. The van der Waals surface area contributed by atoms with Crippen molar-refractivity contribution in [2.24, 2.45) is 15.1 Å². The third kappa shape index (κ3) is 3.96. The van der Waals surface area contributed by atoms with Crippen molar-refractivity contribution in [3.05, 3.63) is 79.4 Å². The summed E-state index contributed by atoms with van der Waals surface area (Å²) in [4.78, 5) is 9.11. The van der Waals surface area contributed by atoms with Gasteiger partial charge in [-0.3, -0.25) is 9.67 Å². The van der Waals surface area contributed by atoms with Crippen LogP contribution in [0.3, 0.4) is 0 Å². The van der Waals surface area contributed by atoms with E-state index in [-0.39, 0.29) is 17.0 Å². The van der Waals surface area contributed by atoms with Crippen molar-refractivity contribution in [3.63, 3.8) is 0 Å². The molecule has 9 heteroatoms. The van der Waals surface area contributed by atoms with Crippen LogP contribution in [0.25, 0.3) is 11.1 Å². The monoisotopic (exact) mass is 473 g/mol. The normalized spacial score (nSPS) is 21.4. The van der Waals surface area contributed by atoms with Gasteiger partial charge in [-0.15, -0.1) is 12.4 Å². The van der Waals surface area contributed by atoms with Gasteiger partial charge in [0, 0.05) is 17.8 Å². The van der Waals surface area contributed by atoms with E-state index >= 15 is 0 Å². The van der Waals surface area contributed by atoms with Crippen LogP contribution >= 0.6 is 12.4 Å². The molecule has 0 spiro atoms. The van der Waals surface area contributed by atoms with Crippen LogP contribution in [0.15, 0.2) is 94.5 Å². The average molecular weight is 474 g/mol. The van der Waals surface area contributed by atoms with Gasteiger partial charge in [-0.2, -0.15) is 10.1 Å². The van der Waals surface area contributed by atoms with Crippen molar-refractivity contribution in [2.75, 3.05) is 18.4 Å². The first-order valence-electron chi connectivity index (χ1n) is 11.3. The lowest BCUT2D eigenvalue weighted by Crippen LogP contribution is -2.44. The number of quaternary nitrogens is 1. The fraction of sp³-hybridized carbons (Fsp3) is 0.200. The molecule has 4 heterocycles. The van der Waals surface area contributed by atoms with Crippen molar-refractivity contribution in [3.8, 4) is 11.1 Å². The van der Waals surface area contributed by atoms with Crippen LogP contribution in [-0.4, -0.2) is 40.9 Å². The molecule has 3 aliphatic heterocycles. The van der Waals surface area contributed by atoms with E-state index in [0.717, 1.165) is 54.3 Å². The molecular weight excluding hydrogens is 448 g/mol. The van der Waals surface area contributed by atoms with Gasteiger partial charge in [-0.25, -0.2) is 0 Å². The molecule has 3 aromatic rings. The maximum Gasteiger partial charge on any atom is 0.287 e. The molecule has 1 saturated heterocycles. The van der Waals surface area contributed by atoms with Gasteiger partial charge in [0.05, 0.1) is 24.1 Å². The van der Waals surface area contributed by atoms with Crippen LogP contribution in [0.2, 0.25) is 0 Å². The number of anilines is 1. The van der Waals surface area contributed by atoms with Crippen molar-refractivity contribution >= 4 is 41.8 Å². The zero-order chi connectivity index (χ0) is 22.1. The molecule has 3 aliphatic rings. The minimum absolute atomic E-state index is 0. The first-order chi connectivity index (χ1) is 16.3. The van der Waals surface area contributed by atoms with Gasteiger partial charge in [-0.1, -0.05) is 47.1 Å². The predicted octanol–water partition coefficient (Wildman–Crippen LogP) is 4.55. The quantitative estimate of drug-likeness (QED) is 0.545. The summed E-state index contributed by atoms with van der Waals surface area (Å²) in [5.41, 5.74) is 4.14. The van der Waals surface area contributed by atoms with Gasteiger partial charge in [0.1, 0.15) is 6.21 Å². The average Bonchev–Trinajstić information content (AvgIpc) is 3.50. The maximum atomic E-state index is 5.03. The SMILES string of the molecule is C1=C[N+]2(c3ccccc3-c3ccccc3)N=C(Nc3cnn(C4CCNCC4)c3)N=C2C=N1.Cl. The highest BCUT2D eigenvalue weighted by molar-refractivity contribution is 6.38. The van der Waals surface area contributed by atoms with Crippen LogP contribution < -0.4 is 15.2 Å². The Bertz CT molecular complexity index is 1290. The van der Waals surface area contributed by atoms with E-state index in [0.29, 0.717) is 12.0 Å². The van der Waals surface area contributed by atoms with E-state index in [1.54, 1.807) is 12.4 Å². The Kier molecular flexibility index (Phi) is 6.10. The summed E-state index contributed by atoms with van der Waals surface area (Å²) in [6.07, 6.45) is 11.6. The number of piperidine rings is 1. The van der Waals surface area contributed by atoms with E-state index in [9.17, 15) is 0 Å². The summed E-state index contributed by atoms with van der Waals surface area (Å²) >= 11 is 0. The molecule has 1 aromatic heterocycles. The van der Waals surface area contributed by atoms with Crippen LogP contribution in [0, 0.1) is 0 Å². The summed E-state index contributed by atoms with van der Waals surface area (Å²) in [5, 5.41) is 16.4. The van der Waals surface area contributed by atoms with Crippen LogP contribution in [0.4, 0.5) is 11.4 Å². The number of halogens is 1. The maximum absolute atomic E-state index is 5.03. The first kappa shape index (κ1) is 22.2. The number of aliphatic imine (C=N–C) groups is 2. The van der Waals surface area contributed by atoms with Gasteiger partial charge in [0.25, 0.3) is 11.8 Å². The van der Waals surface area contributed by atoms with E-state index in [1.165, 1.54) is 0 Å². The molecule has 2 aromatic carbocycles. The Balaban J connectivity index is 0.00000241. The molecule has 172 valence electrons. The first-order valence-corrected chi connectivity index (χ1v) is 11.3. The Labute approximate surface area is 204 Å². The van der Waals surface area contributed by atoms with Crippen molar-refractivity contribution < 1.29 is 0 Å². The Morgan fingerprint density at radius 2 is 1.79 bits per heavy atom. The lowest BCUT2D eigenvalue weighted by atomic mass is 10.0. The lowest BCUT2D eigenvalue weighted by molar-refractivity contribution is 0.343. The standard InChI is InChI=1S/C25H25N8.ClH/c1-2-6-19(7-3-1)22-8-4-5-9-23(22)33-15-14-27-17-24(33)30-25(31-33)29-20-16-28-32(18-20)21-10-12-26-13-11-21;/h1-9,14-18,21,26H,10-13H2,(H,29,31);1H/q+1;. The predicted molar refractivity (Wildman–Crippen MR) is 140 cm³/mol. The highest BCUT2D eigenvalue weighted by Crippen LogP contribution is 2.39. The largest absolute Gasteiger partial charge is 0.317 e. The van der Waals surface area contributed by atoms with Crippen molar-refractivity contribution in [1.29, 1.82) is 0 Å². The number of amidine groups is 1. The number of para-hydroxylation sites is 1. The molecule has 8 nitrogen and oxygen atoms in total. The molecule has 2 N–H and O–H groups in total. The van der Waals surface area contributed by atoms with Crippen LogP contribution in [0.5, 0.6) is 0 Å². The molecule has 6 rings (SSSR count). The number of fused-ring (bicyclic) bond motifs is 1. The number of nitrogens with zero attached hydrogens (tertiary/aromatic N) is 6. The molecule has 1 atom stereocenters. The summed E-state index contributed by atoms with van der Waals surface area (Å²) in [7, 11) is 0. The zero-order valence-electron chi connectivity index (χ0n) is 18.6. The highest BCUT2D eigenvalue weighted by Gasteiger charge is 2.44.